The Balaban J connectivity index is 0.000000640. The third kappa shape index (κ3) is 4.95. The Bertz CT molecular complexity index is 976. The smallest absolute Gasteiger partial charge is 0.277 e. The normalized spacial score (nSPS) is 10.6. The molecule has 0 aliphatic rings. The molecule has 0 amide bonds. The molecule has 3 rings (SSSR count). The van der Waals surface area contributed by atoms with Crippen molar-refractivity contribution in [3.8, 4) is 17.1 Å². The quantitative estimate of drug-likeness (QED) is 0.579. The number of H-pyrrole nitrogens is 1. The molecule has 0 saturated heterocycles. The van der Waals surface area contributed by atoms with Gasteiger partial charge in [0.1, 0.15) is 11.6 Å². The van der Waals surface area contributed by atoms with E-state index in [1.165, 1.54) is 12.8 Å². The Kier molecular flexibility index (Phi) is 8.11. The number of nitrogens with zero attached hydrogens (tertiary/aromatic N) is 3. The Morgan fingerprint density at radius 3 is 2.46 bits per heavy atom. The van der Waals surface area contributed by atoms with E-state index < -0.39 is 0 Å². The van der Waals surface area contributed by atoms with Crippen LogP contribution in [0.3, 0.4) is 0 Å². The van der Waals surface area contributed by atoms with Crippen molar-refractivity contribution in [2.75, 3.05) is 6.61 Å². The number of ether oxygens (including phenoxy) is 1. The summed E-state index contributed by atoms with van der Waals surface area (Å²) in [5.41, 5.74) is 1.67. The molecular formula is C21H30N4O2S. The summed E-state index contributed by atoms with van der Waals surface area (Å²) in [5.74, 6) is 1.89. The maximum atomic E-state index is 12.5. The number of unbranched alkanes of at least 4 members (excludes halogenated alkanes) is 1. The maximum absolute atomic E-state index is 12.5. The van der Waals surface area contributed by atoms with Gasteiger partial charge in [-0.1, -0.05) is 33.6 Å². The monoisotopic (exact) mass is 402 g/mol. The first-order valence-corrected chi connectivity index (χ1v) is 10.4. The molecule has 2 aromatic heterocycles. The van der Waals surface area contributed by atoms with Crippen molar-refractivity contribution in [1.29, 1.82) is 0 Å². The van der Waals surface area contributed by atoms with E-state index in [0.29, 0.717) is 35.0 Å². The second-order valence-electron chi connectivity index (χ2n) is 6.54. The van der Waals surface area contributed by atoms with Gasteiger partial charge in [-0.3, -0.25) is 4.79 Å². The van der Waals surface area contributed by atoms with E-state index in [9.17, 15) is 4.79 Å². The highest BCUT2D eigenvalue weighted by Crippen LogP contribution is 2.29. The van der Waals surface area contributed by atoms with Crippen LogP contribution in [0.5, 0.6) is 5.75 Å². The molecule has 2 heterocycles. The molecule has 0 spiro atoms. The highest BCUT2D eigenvalue weighted by atomic mass is 32.1. The summed E-state index contributed by atoms with van der Waals surface area (Å²) in [7, 11) is 0. The molecule has 0 bridgehead atoms. The number of aromatic amines is 1. The third-order valence-electron chi connectivity index (χ3n) is 4.23. The highest BCUT2D eigenvalue weighted by molar-refractivity contribution is 7.80. The SMILES string of the molecule is CCCC.CCCc1nc(C)c2c(=O)[nH]c(-c3cc(S)ccc3OCC)nn12. The van der Waals surface area contributed by atoms with Crippen LogP contribution in [0.2, 0.25) is 0 Å². The molecule has 0 fully saturated rings. The highest BCUT2D eigenvalue weighted by Gasteiger charge is 2.16. The Labute approximate surface area is 171 Å². The fourth-order valence-electron chi connectivity index (χ4n) is 2.73. The number of aromatic nitrogens is 4. The van der Waals surface area contributed by atoms with E-state index in [0.717, 1.165) is 23.6 Å². The molecule has 1 N–H and O–H groups in total. The van der Waals surface area contributed by atoms with Gasteiger partial charge in [-0.15, -0.1) is 17.7 Å². The number of aryl methyl sites for hydroxylation is 2. The Morgan fingerprint density at radius 2 is 1.86 bits per heavy atom. The number of rotatable bonds is 6. The summed E-state index contributed by atoms with van der Waals surface area (Å²) in [6, 6.07) is 5.51. The molecule has 6 nitrogen and oxygen atoms in total. The predicted molar refractivity (Wildman–Crippen MR) is 117 cm³/mol. The van der Waals surface area contributed by atoms with Crippen molar-refractivity contribution in [2.45, 2.75) is 65.2 Å². The molecule has 1 aromatic carbocycles. The van der Waals surface area contributed by atoms with E-state index in [-0.39, 0.29) is 5.56 Å². The van der Waals surface area contributed by atoms with E-state index >= 15 is 0 Å². The molecule has 0 aliphatic heterocycles. The van der Waals surface area contributed by atoms with E-state index in [1.54, 1.807) is 4.52 Å². The van der Waals surface area contributed by atoms with E-state index in [4.69, 9.17) is 4.74 Å². The van der Waals surface area contributed by atoms with Gasteiger partial charge in [0.05, 0.1) is 17.9 Å². The van der Waals surface area contributed by atoms with E-state index in [1.807, 2.05) is 32.0 Å². The zero-order valence-corrected chi connectivity index (χ0v) is 18.3. The largest absolute Gasteiger partial charge is 0.493 e. The zero-order valence-electron chi connectivity index (χ0n) is 17.4. The first-order chi connectivity index (χ1) is 13.5. The van der Waals surface area contributed by atoms with Gasteiger partial charge < -0.3 is 9.72 Å². The van der Waals surface area contributed by atoms with Crippen molar-refractivity contribution in [2.24, 2.45) is 0 Å². The van der Waals surface area contributed by atoms with Crippen LogP contribution in [0.15, 0.2) is 27.9 Å². The first-order valence-electron chi connectivity index (χ1n) is 9.91. The number of imidazole rings is 1. The molecule has 0 unspecified atom stereocenters. The topological polar surface area (TPSA) is 72.3 Å². The number of hydrogen-bond acceptors (Lipinski definition) is 5. The first kappa shape index (κ1) is 22.0. The fraction of sp³-hybridized carbons (Fsp3) is 0.476. The second kappa shape index (κ2) is 10.3. The standard InChI is InChI=1S/C17H20N4O2S.C4H10/c1-4-6-14-18-10(3)15-17(22)19-16(20-21(14)15)12-9-11(24)7-8-13(12)23-5-2;1-3-4-2/h7-9,24H,4-6H2,1-3H3,(H,19,20,22);3-4H2,1-2H3. The van der Waals surface area contributed by atoms with Crippen molar-refractivity contribution < 1.29 is 4.74 Å². The minimum atomic E-state index is -0.209. The van der Waals surface area contributed by atoms with Gasteiger partial charge in [-0.05, 0) is 38.5 Å². The van der Waals surface area contributed by atoms with Crippen LogP contribution >= 0.6 is 12.6 Å². The van der Waals surface area contributed by atoms with Crippen LogP contribution in [0, 0.1) is 6.92 Å². The van der Waals surface area contributed by atoms with Gasteiger partial charge in [0, 0.05) is 11.3 Å². The third-order valence-corrected chi connectivity index (χ3v) is 4.51. The summed E-state index contributed by atoms with van der Waals surface area (Å²) in [5, 5.41) is 4.61. The second-order valence-corrected chi connectivity index (χ2v) is 7.06. The van der Waals surface area contributed by atoms with Crippen molar-refractivity contribution >= 4 is 18.1 Å². The molecule has 0 atom stereocenters. The summed E-state index contributed by atoms with van der Waals surface area (Å²) < 4.78 is 7.31. The molecular weight excluding hydrogens is 372 g/mol. The summed E-state index contributed by atoms with van der Waals surface area (Å²) >= 11 is 4.38. The van der Waals surface area contributed by atoms with Crippen LogP contribution in [0.4, 0.5) is 0 Å². The Morgan fingerprint density at radius 1 is 1.14 bits per heavy atom. The Hall–Kier alpha value is -2.28. The maximum Gasteiger partial charge on any atom is 0.277 e. The lowest BCUT2D eigenvalue weighted by molar-refractivity contribution is 0.341. The van der Waals surface area contributed by atoms with Crippen molar-refractivity contribution in [3.05, 3.63) is 40.1 Å². The lowest BCUT2D eigenvalue weighted by Crippen LogP contribution is -2.15. The number of benzene rings is 1. The van der Waals surface area contributed by atoms with Crippen LogP contribution in [0.1, 0.15) is 58.5 Å². The fourth-order valence-corrected chi connectivity index (χ4v) is 2.93. The number of hydrogen-bond donors (Lipinski definition) is 2. The number of thiol groups is 1. The lowest BCUT2D eigenvalue weighted by atomic mass is 10.2. The van der Waals surface area contributed by atoms with Gasteiger partial charge in [0.15, 0.2) is 11.3 Å². The van der Waals surface area contributed by atoms with Gasteiger partial charge in [-0.2, -0.15) is 0 Å². The molecule has 7 heteroatoms. The zero-order chi connectivity index (χ0) is 20.7. The lowest BCUT2D eigenvalue weighted by Gasteiger charge is -2.10. The molecule has 3 aromatic rings. The van der Waals surface area contributed by atoms with E-state index in [2.05, 4.69) is 48.5 Å². The van der Waals surface area contributed by atoms with Gasteiger partial charge in [-0.25, -0.2) is 9.50 Å². The van der Waals surface area contributed by atoms with Crippen LogP contribution in [-0.2, 0) is 6.42 Å². The average Bonchev–Trinajstić information content (AvgIpc) is 3.00. The molecule has 28 heavy (non-hydrogen) atoms. The summed E-state index contributed by atoms with van der Waals surface area (Å²) in [4.78, 5) is 20.7. The molecule has 0 saturated carbocycles. The van der Waals surface area contributed by atoms with Crippen molar-refractivity contribution in [3.63, 3.8) is 0 Å². The van der Waals surface area contributed by atoms with Gasteiger partial charge in [0.25, 0.3) is 5.56 Å². The van der Waals surface area contributed by atoms with Crippen LogP contribution in [0.25, 0.3) is 16.9 Å². The van der Waals surface area contributed by atoms with Crippen molar-refractivity contribution in [1.82, 2.24) is 19.6 Å². The van der Waals surface area contributed by atoms with Crippen LogP contribution in [-0.4, -0.2) is 26.2 Å². The minimum absolute atomic E-state index is 0.209. The summed E-state index contributed by atoms with van der Waals surface area (Å²) in [6.07, 6.45) is 4.33. The minimum Gasteiger partial charge on any atom is -0.493 e. The van der Waals surface area contributed by atoms with Gasteiger partial charge >= 0.3 is 0 Å². The average molecular weight is 403 g/mol. The number of fused-ring (bicyclic) bond motifs is 1. The predicted octanol–water partition coefficient (Wildman–Crippen LogP) is 4.84. The number of nitrogens with one attached hydrogen (secondary N) is 1. The van der Waals surface area contributed by atoms with Gasteiger partial charge in [0.2, 0.25) is 0 Å². The molecule has 0 radical (unpaired) electrons. The van der Waals surface area contributed by atoms with Crippen LogP contribution < -0.4 is 10.3 Å². The molecule has 0 aliphatic carbocycles. The summed E-state index contributed by atoms with van der Waals surface area (Å²) in [6.45, 7) is 10.7. The molecule has 152 valence electrons.